The number of urea groups is 1. The lowest BCUT2D eigenvalue weighted by molar-refractivity contribution is -0.139. The number of carbonyl (C=O) groups excluding carboxylic acids is 2. The molecule has 10 nitrogen and oxygen atoms in total. The largest absolute Gasteiger partial charge is 0.482 e. The first-order valence-corrected chi connectivity index (χ1v) is 10.6. The molecule has 0 unspecified atom stereocenters. The van der Waals surface area contributed by atoms with Gasteiger partial charge in [-0.3, -0.25) is 10.1 Å². The number of ether oxygens (including phenoxy) is 1. The van der Waals surface area contributed by atoms with Gasteiger partial charge in [0.1, 0.15) is 17.3 Å². The van der Waals surface area contributed by atoms with E-state index in [0.29, 0.717) is 11.6 Å². The van der Waals surface area contributed by atoms with Crippen molar-refractivity contribution < 1.29 is 37.4 Å². The first-order valence-electron chi connectivity index (χ1n) is 9.74. The average Bonchev–Trinajstić information content (AvgIpc) is 3.15. The van der Waals surface area contributed by atoms with Gasteiger partial charge in [0.25, 0.3) is 5.91 Å². The number of alkyl halides is 3. The van der Waals surface area contributed by atoms with E-state index >= 15 is 0 Å². The molecule has 0 atom stereocenters. The van der Waals surface area contributed by atoms with E-state index < -0.39 is 30.0 Å². The van der Waals surface area contributed by atoms with Crippen LogP contribution >= 0.6 is 11.8 Å². The number of halogens is 3. The summed E-state index contributed by atoms with van der Waals surface area (Å²) >= 11 is -0.281. The highest BCUT2D eigenvalue weighted by Gasteiger charge is 2.29. The van der Waals surface area contributed by atoms with Crippen molar-refractivity contribution in [1.82, 2.24) is 9.97 Å². The Balaban J connectivity index is 1.64. The molecule has 184 valence electrons. The summed E-state index contributed by atoms with van der Waals surface area (Å²) in [7, 11) is 0. The normalized spacial score (nSPS) is 11.1. The van der Waals surface area contributed by atoms with Gasteiger partial charge in [-0.05, 0) is 53.7 Å². The Hall–Kier alpha value is -4.20. The molecule has 0 aliphatic heterocycles. The molecule has 0 bridgehead atoms. The Morgan fingerprint density at radius 3 is 2.29 bits per heavy atom. The van der Waals surface area contributed by atoms with Crippen molar-refractivity contribution in [1.29, 1.82) is 0 Å². The summed E-state index contributed by atoms with van der Waals surface area (Å²) < 4.78 is 42.3. The van der Waals surface area contributed by atoms with Crippen molar-refractivity contribution in [2.75, 3.05) is 17.2 Å². The van der Waals surface area contributed by atoms with Crippen molar-refractivity contribution in [2.24, 2.45) is 5.73 Å². The van der Waals surface area contributed by atoms with E-state index in [1.807, 2.05) is 0 Å². The first kappa shape index (κ1) is 25.4. The zero-order valence-electron chi connectivity index (χ0n) is 17.7. The van der Waals surface area contributed by atoms with Crippen molar-refractivity contribution >= 4 is 41.2 Å². The van der Waals surface area contributed by atoms with Crippen molar-refractivity contribution in [3.05, 3.63) is 65.6 Å². The molecule has 0 aliphatic carbocycles. The highest BCUT2D eigenvalue weighted by molar-refractivity contribution is 8.00. The summed E-state index contributed by atoms with van der Waals surface area (Å²) in [6, 6.07) is 10.7. The number of aromatic nitrogens is 2. The molecule has 0 spiro atoms. The van der Waals surface area contributed by atoms with E-state index in [-0.39, 0.29) is 40.3 Å². The number of nitrogens with zero attached hydrogens (tertiary/aromatic N) is 1. The zero-order chi connectivity index (χ0) is 25.6. The molecule has 0 fully saturated rings. The van der Waals surface area contributed by atoms with E-state index in [4.69, 9.17) is 15.6 Å². The molecule has 3 rings (SSSR count). The second-order valence-corrected chi connectivity index (χ2v) is 8.06. The van der Waals surface area contributed by atoms with Gasteiger partial charge in [-0.25, -0.2) is 14.6 Å². The Labute approximate surface area is 200 Å². The molecule has 0 radical (unpaired) electrons. The van der Waals surface area contributed by atoms with E-state index in [1.54, 1.807) is 24.3 Å². The van der Waals surface area contributed by atoms with E-state index in [0.717, 1.165) is 5.56 Å². The number of imidazole rings is 1. The molecule has 3 aromatic rings. The highest BCUT2D eigenvalue weighted by atomic mass is 32.2. The average molecular weight is 509 g/mol. The van der Waals surface area contributed by atoms with Gasteiger partial charge in [-0.2, -0.15) is 13.2 Å². The van der Waals surface area contributed by atoms with Gasteiger partial charge in [-0.1, -0.05) is 12.1 Å². The fourth-order valence-electron chi connectivity index (χ4n) is 2.83. The van der Waals surface area contributed by atoms with Crippen LogP contribution in [-0.4, -0.2) is 45.1 Å². The van der Waals surface area contributed by atoms with E-state index in [9.17, 15) is 27.6 Å². The van der Waals surface area contributed by atoms with Gasteiger partial charge in [0.05, 0.1) is 0 Å². The van der Waals surface area contributed by atoms with Crippen LogP contribution in [0.2, 0.25) is 0 Å². The minimum atomic E-state index is -4.43. The summed E-state index contributed by atoms with van der Waals surface area (Å²) in [5.74, 6) is -1.44. The van der Waals surface area contributed by atoms with Crippen molar-refractivity contribution in [2.45, 2.75) is 16.8 Å². The summed E-state index contributed by atoms with van der Waals surface area (Å²) in [6.07, 6.45) is 0.223. The number of nitrogens with two attached hydrogens (primary N) is 1. The highest BCUT2D eigenvalue weighted by Crippen LogP contribution is 2.37. The lowest BCUT2D eigenvalue weighted by Crippen LogP contribution is -2.22. The van der Waals surface area contributed by atoms with Crippen LogP contribution in [0.4, 0.5) is 29.5 Å². The maximum atomic E-state index is 12.4. The number of benzene rings is 2. The lowest BCUT2D eigenvalue weighted by atomic mass is 10.1. The SMILES string of the molecule is NC(=O)c1[nH]c(Cc2ccc(OCC(=O)O)cc2)nc1NC(=O)Nc1ccc(SC(F)(F)F)cc1. The number of aliphatic carboxylic acids is 1. The van der Waals surface area contributed by atoms with Crippen LogP contribution in [0.15, 0.2) is 53.4 Å². The predicted octanol–water partition coefficient (Wildman–Crippen LogP) is 3.82. The quantitative estimate of drug-likeness (QED) is 0.274. The van der Waals surface area contributed by atoms with Gasteiger partial charge in [-0.15, -0.1) is 0 Å². The number of carboxylic acid groups (broad SMARTS) is 1. The Morgan fingerprint density at radius 1 is 1.06 bits per heavy atom. The third kappa shape index (κ3) is 7.96. The van der Waals surface area contributed by atoms with Crippen LogP contribution in [0.3, 0.4) is 0 Å². The molecule has 35 heavy (non-hydrogen) atoms. The number of anilines is 2. The smallest absolute Gasteiger partial charge is 0.446 e. The number of primary amides is 1. The summed E-state index contributed by atoms with van der Waals surface area (Å²) in [5.41, 5.74) is 1.74. The van der Waals surface area contributed by atoms with Crippen molar-refractivity contribution in [3.63, 3.8) is 0 Å². The van der Waals surface area contributed by atoms with E-state index in [1.165, 1.54) is 24.3 Å². The lowest BCUT2D eigenvalue weighted by Gasteiger charge is -2.08. The monoisotopic (exact) mass is 509 g/mol. The molecule has 2 aromatic carbocycles. The molecular weight excluding hydrogens is 491 g/mol. The molecule has 0 saturated carbocycles. The Bertz CT molecular complexity index is 1210. The summed E-state index contributed by atoms with van der Waals surface area (Å²) in [6.45, 7) is -0.479. The third-order valence-electron chi connectivity index (χ3n) is 4.23. The fourth-order valence-corrected chi connectivity index (χ4v) is 3.37. The number of nitrogens with one attached hydrogen (secondary N) is 3. The molecular formula is C21H18F3N5O5S. The number of thioether (sulfide) groups is 1. The van der Waals surface area contributed by atoms with Gasteiger partial charge in [0.15, 0.2) is 12.4 Å². The minimum Gasteiger partial charge on any atom is -0.482 e. The molecule has 0 saturated heterocycles. The number of carboxylic acids is 1. The van der Waals surface area contributed by atoms with Gasteiger partial charge in [0, 0.05) is 17.0 Å². The van der Waals surface area contributed by atoms with E-state index in [2.05, 4.69) is 20.6 Å². The molecule has 1 heterocycles. The van der Waals surface area contributed by atoms with Crippen LogP contribution in [0.5, 0.6) is 5.75 Å². The Kier molecular flexibility index (Phi) is 7.86. The van der Waals surface area contributed by atoms with Gasteiger partial charge < -0.3 is 25.9 Å². The van der Waals surface area contributed by atoms with Gasteiger partial charge in [0.2, 0.25) is 0 Å². The number of carbonyl (C=O) groups is 3. The fraction of sp³-hybridized carbons (Fsp3) is 0.143. The third-order valence-corrected chi connectivity index (χ3v) is 4.97. The maximum Gasteiger partial charge on any atom is 0.446 e. The van der Waals surface area contributed by atoms with Crippen LogP contribution < -0.4 is 21.1 Å². The van der Waals surface area contributed by atoms with Crippen LogP contribution in [0, 0.1) is 0 Å². The number of rotatable bonds is 9. The van der Waals surface area contributed by atoms with Crippen LogP contribution in [0.1, 0.15) is 21.9 Å². The number of amides is 3. The predicted molar refractivity (Wildman–Crippen MR) is 120 cm³/mol. The molecule has 3 amide bonds. The number of hydrogen-bond acceptors (Lipinski definition) is 6. The topological polar surface area (TPSA) is 159 Å². The number of aromatic amines is 1. The second kappa shape index (κ2) is 10.8. The number of hydrogen-bond donors (Lipinski definition) is 5. The van der Waals surface area contributed by atoms with Crippen LogP contribution in [-0.2, 0) is 11.2 Å². The molecule has 14 heteroatoms. The molecule has 1 aromatic heterocycles. The summed E-state index contributed by atoms with van der Waals surface area (Å²) in [4.78, 5) is 41.5. The van der Waals surface area contributed by atoms with Crippen molar-refractivity contribution in [3.8, 4) is 5.75 Å². The molecule has 6 N–H and O–H groups in total. The first-order chi connectivity index (χ1) is 16.5. The zero-order valence-corrected chi connectivity index (χ0v) is 18.5. The standard InChI is InChI=1S/C21H18F3N5O5S/c22-21(23,24)35-14-7-3-12(4-8-14)26-20(33)29-19-17(18(25)32)27-15(28-19)9-11-1-5-13(6-2-11)34-10-16(30)31/h1-8H,9-10H2,(H2,25,32)(H,27,28)(H,30,31)(H2,26,29,33). The molecule has 0 aliphatic rings. The Morgan fingerprint density at radius 2 is 1.71 bits per heavy atom. The van der Waals surface area contributed by atoms with Crippen LogP contribution in [0.25, 0.3) is 0 Å². The van der Waals surface area contributed by atoms with Gasteiger partial charge >= 0.3 is 17.5 Å². The number of H-pyrrole nitrogens is 1. The summed E-state index contributed by atoms with van der Waals surface area (Å²) in [5, 5.41) is 13.5. The second-order valence-electron chi connectivity index (χ2n) is 6.93. The maximum absolute atomic E-state index is 12.4. The minimum absolute atomic E-state index is 0.0436.